The van der Waals surface area contributed by atoms with Gasteiger partial charge in [-0.05, 0) is 62.5 Å². The van der Waals surface area contributed by atoms with Crippen molar-refractivity contribution in [3.8, 4) is 6.07 Å². The molecule has 1 aromatic carbocycles. The van der Waals surface area contributed by atoms with Crippen LogP contribution in [0.1, 0.15) is 44.6 Å². The van der Waals surface area contributed by atoms with E-state index in [1.807, 2.05) is 13.0 Å². The van der Waals surface area contributed by atoms with E-state index in [2.05, 4.69) is 5.32 Å². The van der Waals surface area contributed by atoms with E-state index in [0.717, 1.165) is 19.4 Å². The molecule has 2 unspecified atom stereocenters. The Morgan fingerprint density at radius 2 is 2.25 bits per heavy atom. The maximum absolute atomic E-state index is 11.2. The molecule has 0 heterocycles. The second kappa shape index (κ2) is 6.78. The SMILES string of the molecule is CCOC1CCC2(CC2)C(CNc2cc(C#N)ccc2[N+](=O)[O-])C1. The number of hydrogen-bond acceptors (Lipinski definition) is 5. The standard InChI is InChI=1S/C18H23N3O3/c1-2-24-15-5-6-18(7-8-18)14(10-15)12-20-16-9-13(11-19)3-4-17(16)21(22)23/h3-4,9,14-15,20H,2,5-8,10,12H2,1H3. The summed E-state index contributed by atoms with van der Waals surface area (Å²) in [6.07, 6.45) is 6.11. The van der Waals surface area contributed by atoms with Crippen molar-refractivity contribution in [3.63, 3.8) is 0 Å². The molecule has 128 valence electrons. The molecule has 1 N–H and O–H groups in total. The highest BCUT2D eigenvalue weighted by Gasteiger charge is 2.51. The number of ether oxygens (including phenoxy) is 1. The van der Waals surface area contributed by atoms with Crippen LogP contribution < -0.4 is 5.32 Å². The zero-order valence-electron chi connectivity index (χ0n) is 14.0. The number of nitro groups is 1. The average molecular weight is 329 g/mol. The maximum atomic E-state index is 11.2. The van der Waals surface area contributed by atoms with Crippen molar-refractivity contribution in [3.05, 3.63) is 33.9 Å². The molecule has 6 heteroatoms. The topological polar surface area (TPSA) is 88.2 Å². The smallest absolute Gasteiger partial charge is 0.292 e. The zero-order chi connectivity index (χ0) is 17.2. The first-order valence-electron chi connectivity index (χ1n) is 8.62. The second-order valence-electron chi connectivity index (χ2n) is 6.89. The third-order valence-electron chi connectivity index (χ3n) is 5.53. The Balaban J connectivity index is 1.72. The summed E-state index contributed by atoms with van der Waals surface area (Å²) in [6.45, 7) is 3.44. The number of nitrogens with zero attached hydrogens (tertiary/aromatic N) is 2. The van der Waals surface area contributed by atoms with Gasteiger partial charge in [0.05, 0.1) is 22.7 Å². The molecule has 1 aromatic rings. The fraction of sp³-hybridized carbons (Fsp3) is 0.611. The largest absolute Gasteiger partial charge is 0.379 e. The molecule has 3 rings (SSSR count). The monoisotopic (exact) mass is 329 g/mol. The summed E-state index contributed by atoms with van der Waals surface area (Å²) in [4.78, 5) is 10.8. The molecule has 0 bridgehead atoms. The zero-order valence-corrected chi connectivity index (χ0v) is 14.0. The Labute approximate surface area is 142 Å². The van der Waals surface area contributed by atoms with Crippen LogP contribution in [-0.2, 0) is 4.74 Å². The van der Waals surface area contributed by atoms with Gasteiger partial charge in [0.2, 0.25) is 0 Å². The Bertz CT molecular complexity index is 664. The fourth-order valence-corrected chi connectivity index (χ4v) is 3.98. The summed E-state index contributed by atoms with van der Waals surface area (Å²) in [5.74, 6) is 0.466. The molecular weight excluding hydrogens is 306 g/mol. The highest BCUT2D eigenvalue weighted by atomic mass is 16.6. The fourth-order valence-electron chi connectivity index (χ4n) is 3.98. The second-order valence-corrected chi connectivity index (χ2v) is 6.89. The molecule has 2 fully saturated rings. The number of hydrogen-bond donors (Lipinski definition) is 1. The number of nitro benzene ring substituents is 1. The molecule has 1 spiro atoms. The Morgan fingerprint density at radius 1 is 1.46 bits per heavy atom. The summed E-state index contributed by atoms with van der Waals surface area (Å²) in [5, 5.41) is 23.5. The Hall–Kier alpha value is -2.13. The van der Waals surface area contributed by atoms with Gasteiger partial charge < -0.3 is 10.1 Å². The normalized spacial score (nSPS) is 24.3. The van der Waals surface area contributed by atoms with E-state index < -0.39 is 4.92 Å². The van der Waals surface area contributed by atoms with E-state index in [9.17, 15) is 10.1 Å². The maximum Gasteiger partial charge on any atom is 0.292 e. The molecule has 0 amide bonds. The first-order chi connectivity index (χ1) is 11.6. The minimum atomic E-state index is -0.403. The molecule has 0 aliphatic heterocycles. The van der Waals surface area contributed by atoms with E-state index in [4.69, 9.17) is 10.00 Å². The predicted octanol–water partition coefficient (Wildman–Crippen LogP) is 3.86. The van der Waals surface area contributed by atoms with E-state index in [0.29, 0.717) is 35.2 Å². The van der Waals surface area contributed by atoms with Gasteiger partial charge in [-0.25, -0.2) is 0 Å². The third-order valence-corrected chi connectivity index (χ3v) is 5.53. The first kappa shape index (κ1) is 16.7. The molecule has 0 radical (unpaired) electrons. The molecule has 2 aliphatic carbocycles. The van der Waals surface area contributed by atoms with Gasteiger partial charge in [-0.2, -0.15) is 5.26 Å². The van der Waals surface area contributed by atoms with Crippen molar-refractivity contribution >= 4 is 11.4 Å². The van der Waals surface area contributed by atoms with Crippen LogP contribution in [0.5, 0.6) is 0 Å². The predicted molar refractivity (Wildman–Crippen MR) is 90.7 cm³/mol. The van der Waals surface area contributed by atoms with Gasteiger partial charge in [0.25, 0.3) is 5.69 Å². The Kier molecular flexibility index (Phi) is 4.72. The molecular formula is C18H23N3O3. The molecule has 24 heavy (non-hydrogen) atoms. The van der Waals surface area contributed by atoms with E-state index in [1.165, 1.54) is 31.4 Å². The number of nitrogens with one attached hydrogen (secondary N) is 1. The van der Waals surface area contributed by atoms with Crippen molar-refractivity contribution in [2.45, 2.75) is 45.1 Å². The summed E-state index contributed by atoms with van der Waals surface area (Å²) >= 11 is 0. The quantitative estimate of drug-likeness (QED) is 0.632. The van der Waals surface area contributed by atoms with Crippen molar-refractivity contribution in [2.75, 3.05) is 18.5 Å². The summed E-state index contributed by atoms with van der Waals surface area (Å²) in [7, 11) is 0. The highest BCUT2D eigenvalue weighted by molar-refractivity contribution is 5.64. The van der Waals surface area contributed by atoms with E-state index in [-0.39, 0.29) is 5.69 Å². The molecule has 2 saturated carbocycles. The van der Waals surface area contributed by atoms with Crippen LogP contribution in [0.15, 0.2) is 18.2 Å². The van der Waals surface area contributed by atoms with Crippen LogP contribution in [0.3, 0.4) is 0 Å². The molecule has 2 aliphatic rings. The van der Waals surface area contributed by atoms with Crippen LogP contribution >= 0.6 is 0 Å². The number of nitriles is 1. The lowest BCUT2D eigenvalue weighted by Crippen LogP contribution is -2.35. The average Bonchev–Trinajstić information content (AvgIpc) is 3.35. The van der Waals surface area contributed by atoms with Crippen molar-refractivity contribution in [2.24, 2.45) is 11.3 Å². The van der Waals surface area contributed by atoms with Crippen LogP contribution in [0.2, 0.25) is 0 Å². The first-order valence-corrected chi connectivity index (χ1v) is 8.62. The van der Waals surface area contributed by atoms with Gasteiger partial charge in [-0.1, -0.05) is 0 Å². The minimum absolute atomic E-state index is 0.0241. The Morgan fingerprint density at radius 3 is 2.88 bits per heavy atom. The summed E-state index contributed by atoms with van der Waals surface area (Å²) < 4.78 is 5.81. The number of rotatable bonds is 6. The summed E-state index contributed by atoms with van der Waals surface area (Å²) in [6, 6.07) is 6.50. The highest BCUT2D eigenvalue weighted by Crippen LogP contribution is 2.59. The number of anilines is 1. The van der Waals surface area contributed by atoms with Crippen molar-refractivity contribution < 1.29 is 9.66 Å². The minimum Gasteiger partial charge on any atom is -0.379 e. The summed E-state index contributed by atoms with van der Waals surface area (Å²) in [5.41, 5.74) is 1.30. The van der Waals surface area contributed by atoms with Gasteiger partial charge in [0, 0.05) is 19.2 Å². The lowest BCUT2D eigenvalue weighted by molar-refractivity contribution is -0.384. The van der Waals surface area contributed by atoms with Crippen molar-refractivity contribution in [1.29, 1.82) is 5.26 Å². The van der Waals surface area contributed by atoms with E-state index >= 15 is 0 Å². The number of benzene rings is 1. The molecule has 6 nitrogen and oxygen atoms in total. The van der Waals surface area contributed by atoms with Gasteiger partial charge >= 0.3 is 0 Å². The van der Waals surface area contributed by atoms with Gasteiger partial charge in [0.1, 0.15) is 5.69 Å². The van der Waals surface area contributed by atoms with Gasteiger partial charge in [-0.3, -0.25) is 10.1 Å². The van der Waals surface area contributed by atoms with E-state index in [1.54, 1.807) is 6.07 Å². The molecule has 0 saturated heterocycles. The van der Waals surface area contributed by atoms with Crippen LogP contribution in [0.4, 0.5) is 11.4 Å². The van der Waals surface area contributed by atoms with Crippen LogP contribution in [0, 0.1) is 32.8 Å². The van der Waals surface area contributed by atoms with Gasteiger partial charge in [0.15, 0.2) is 0 Å². The molecule has 2 atom stereocenters. The van der Waals surface area contributed by atoms with Crippen LogP contribution in [-0.4, -0.2) is 24.2 Å². The lowest BCUT2D eigenvalue weighted by Gasteiger charge is -2.36. The van der Waals surface area contributed by atoms with Crippen molar-refractivity contribution in [1.82, 2.24) is 0 Å². The lowest BCUT2D eigenvalue weighted by atomic mass is 9.75. The van der Waals surface area contributed by atoms with Gasteiger partial charge in [-0.15, -0.1) is 0 Å². The van der Waals surface area contributed by atoms with Crippen LogP contribution in [0.25, 0.3) is 0 Å². The third kappa shape index (κ3) is 3.36. The molecule has 0 aromatic heterocycles.